The number of carbonyl (C=O) groups is 1. The molecule has 3 aromatic carbocycles. The van der Waals surface area contributed by atoms with Crippen molar-refractivity contribution >= 4 is 17.6 Å². The third-order valence-electron chi connectivity index (χ3n) is 4.40. The van der Waals surface area contributed by atoms with E-state index in [0.717, 1.165) is 33.0 Å². The molecule has 0 aliphatic rings. The summed E-state index contributed by atoms with van der Waals surface area (Å²) in [5.74, 6) is 1.07. The van der Waals surface area contributed by atoms with Crippen LogP contribution in [0.5, 0.6) is 11.5 Å². The fourth-order valence-corrected chi connectivity index (χ4v) is 3.09. The molecule has 0 radical (unpaired) electrons. The van der Waals surface area contributed by atoms with Gasteiger partial charge in [-0.05, 0) is 55.2 Å². The minimum atomic E-state index is -0.268. The standard InChI is InChI=1S/C24H23ClO3/c1-17-15-20(16-18(2)24(17)25)27-14-8-13-23(26)28-22-12-7-6-11-21(22)19-9-4-3-5-10-19/h3-7,9-12,15-16H,8,13-14H2,1-2H3. The average Bonchev–Trinajstić information content (AvgIpc) is 2.70. The molecule has 0 saturated carbocycles. The number of benzene rings is 3. The van der Waals surface area contributed by atoms with Crippen LogP contribution in [0.1, 0.15) is 24.0 Å². The van der Waals surface area contributed by atoms with Gasteiger partial charge >= 0.3 is 5.97 Å². The number of halogens is 1. The Balaban J connectivity index is 1.53. The van der Waals surface area contributed by atoms with E-state index in [4.69, 9.17) is 21.1 Å². The van der Waals surface area contributed by atoms with E-state index in [2.05, 4.69) is 0 Å². The van der Waals surface area contributed by atoms with E-state index in [9.17, 15) is 4.79 Å². The molecule has 4 heteroatoms. The van der Waals surface area contributed by atoms with Crippen LogP contribution in [0.3, 0.4) is 0 Å². The van der Waals surface area contributed by atoms with E-state index in [-0.39, 0.29) is 12.4 Å². The van der Waals surface area contributed by atoms with Crippen molar-refractivity contribution < 1.29 is 14.3 Å². The number of esters is 1. The largest absolute Gasteiger partial charge is 0.494 e. The number of ether oxygens (including phenoxy) is 2. The Morgan fingerprint density at radius 2 is 1.57 bits per heavy atom. The molecule has 0 saturated heterocycles. The molecule has 0 aliphatic heterocycles. The van der Waals surface area contributed by atoms with Crippen molar-refractivity contribution in [2.24, 2.45) is 0 Å². The average molecular weight is 395 g/mol. The Morgan fingerprint density at radius 1 is 0.929 bits per heavy atom. The van der Waals surface area contributed by atoms with Crippen molar-refractivity contribution in [3.63, 3.8) is 0 Å². The van der Waals surface area contributed by atoms with Gasteiger partial charge in [-0.2, -0.15) is 0 Å². The number of para-hydroxylation sites is 1. The van der Waals surface area contributed by atoms with Crippen molar-refractivity contribution in [3.8, 4) is 22.6 Å². The second kappa shape index (κ2) is 9.43. The van der Waals surface area contributed by atoms with Gasteiger partial charge in [0.15, 0.2) is 0 Å². The van der Waals surface area contributed by atoms with Gasteiger partial charge in [-0.15, -0.1) is 0 Å². The molecule has 0 N–H and O–H groups in total. The highest BCUT2D eigenvalue weighted by Gasteiger charge is 2.11. The first-order valence-electron chi connectivity index (χ1n) is 9.29. The van der Waals surface area contributed by atoms with Gasteiger partial charge in [0.2, 0.25) is 0 Å². The highest BCUT2D eigenvalue weighted by molar-refractivity contribution is 6.32. The molecule has 0 aliphatic carbocycles. The van der Waals surface area contributed by atoms with E-state index in [1.807, 2.05) is 80.6 Å². The summed E-state index contributed by atoms with van der Waals surface area (Å²) in [6.07, 6.45) is 0.863. The Bertz CT molecular complexity index is 928. The van der Waals surface area contributed by atoms with Crippen molar-refractivity contribution in [2.75, 3.05) is 6.61 Å². The molecule has 3 aromatic rings. The lowest BCUT2D eigenvalue weighted by atomic mass is 10.1. The quantitative estimate of drug-likeness (QED) is 0.264. The maximum Gasteiger partial charge on any atom is 0.311 e. The summed E-state index contributed by atoms with van der Waals surface area (Å²) in [5, 5.41) is 0.757. The molecule has 3 nitrogen and oxygen atoms in total. The van der Waals surface area contributed by atoms with Crippen LogP contribution in [0.15, 0.2) is 66.7 Å². The molecule has 0 aromatic heterocycles. The predicted molar refractivity (Wildman–Crippen MR) is 113 cm³/mol. The Labute approximate surface area is 170 Å². The van der Waals surface area contributed by atoms with Crippen LogP contribution in [0.2, 0.25) is 5.02 Å². The molecule has 0 amide bonds. The van der Waals surface area contributed by atoms with E-state index in [0.29, 0.717) is 18.8 Å². The topological polar surface area (TPSA) is 35.5 Å². The molecule has 0 fully saturated rings. The van der Waals surface area contributed by atoms with Gasteiger partial charge < -0.3 is 9.47 Å². The maximum absolute atomic E-state index is 12.3. The van der Waals surface area contributed by atoms with Crippen molar-refractivity contribution in [3.05, 3.63) is 82.9 Å². The zero-order valence-electron chi connectivity index (χ0n) is 16.1. The highest BCUT2D eigenvalue weighted by atomic mass is 35.5. The maximum atomic E-state index is 12.3. The van der Waals surface area contributed by atoms with E-state index < -0.39 is 0 Å². The lowest BCUT2D eigenvalue weighted by molar-refractivity contribution is -0.134. The lowest BCUT2D eigenvalue weighted by Crippen LogP contribution is -2.10. The molecule has 0 spiro atoms. The van der Waals surface area contributed by atoms with Crippen LogP contribution in [0, 0.1) is 13.8 Å². The summed E-state index contributed by atoms with van der Waals surface area (Å²) >= 11 is 6.17. The van der Waals surface area contributed by atoms with Crippen LogP contribution in [0.4, 0.5) is 0 Å². The van der Waals surface area contributed by atoms with Gasteiger partial charge in [-0.1, -0.05) is 60.1 Å². The second-order valence-corrected chi connectivity index (χ2v) is 7.04. The van der Waals surface area contributed by atoms with Gasteiger partial charge in [0.1, 0.15) is 11.5 Å². The minimum absolute atomic E-state index is 0.268. The summed E-state index contributed by atoms with van der Waals surface area (Å²) in [5.41, 5.74) is 3.88. The van der Waals surface area contributed by atoms with Gasteiger partial charge in [-0.25, -0.2) is 0 Å². The Hall–Kier alpha value is -2.78. The van der Waals surface area contributed by atoms with Crippen LogP contribution < -0.4 is 9.47 Å². The summed E-state index contributed by atoms with van der Waals surface area (Å²) in [6.45, 7) is 4.34. The third kappa shape index (κ3) is 5.14. The molecular formula is C24H23ClO3. The summed E-state index contributed by atoms with van der Waals surface area (Å²) in [7, 11) is 0. The predicted octanol–water partition coefficient (Wildman–Crippen LogP) is 6.39. The van der Waals surface area contributed by atoms with Gasteiger partial charge in [-0.3, -0.25) is 4.79 Å². The number of rotatable bonds is 7. The van der Waals surface area contributed by atoms with Crippen LogP contribution in [-0.4, -0.2) is 12.6 Å². The van der Waals surface area contributed by atoms with E-state index in [1.165, 1.54) is 0 Å². The second-order valence-electron chi connectivity index (χ2n) is 6.66. The van der Waals surface area contributed by atoms with Crippen LogP contribution in [0.25, 0.3) is 11.1 Å². The summed E-state index contributed by atoms with van der Waals surface area (Å²) in [6, 6.07) is 21.3. The van der Waals surface area contributed by atoms with Gasteiger partial charge in [0.25, 0.3) is 0 Å². The molecule has 0 heterocycles. The number of aryl methyl sites for hydroxylation is 2. The summed E-state index contributed by atoms with van der Waals surface area (Å²) in [4.78, 5) is 12.3. The van der Waals surface area contributed by atoms with Gasteiger partial charge in [0.05, 0.1) is 6.61 Å². The van der Waals surface area contributed by atoms with E-state index >= 15 is 0 Å². The number of carbonyl (C=O) groups excluding carboxylic acids is 1. The smallest absolute Gasteiger partial charge is 0.311 e. The van der Waals surface area contributed by atoms with Crippen molar-refractivity contribution in [2.45, 2.75) is 26.7 Å². The van der Waals surface area contributed by atoms with Gasteiger partial charge in [0, 0.05) is 17.0 Å². The minimum Gasteiger partial charge on any atom is -0.494 e. The first-order valence-corrected chi connectivity index (χ1v) is 9.67. The molecule has 0 atom stereocenters. The number of hydrogen-bond donors (Lipinski definition) is 0. The molecule has 0 bridgehead atoms. The Morgan fingerprint density at radius 3 is 2.29 bits per heavy atom. The van der Waals surface area contributed by atoms with Crippen molar-refractivity contribution in [1.82, 2.24) is 0 Å². The molecule has 28 heavy (non-hydrogen) atoms. The van der Waals surface area contributed by atoms with E-state index in [1.54, 1.807) is 0 Å². The number of hydrogen-bond acceptors (Lipinski definition) is 3. The highest BCUT2D eigenvalue weighted by Crippen LogP contribution is 2.30. The zero-order chi connectivity index (χ0) is 19.9. The monoisotopic (exact) mass is 394 g/mol. The first kappa shape index (κ1) is 20.0. The first-order chi connectivity index (χ1) is 13.5. The normalized spacial score (nSPS) is 10.5. The summed E-state index contributed by atoms with van der Waals surface area (Å²) < 4.78 is 11.3. The molecule has 144 valence electrons. The van der Waals surface area contributed by atoms with Crippen LogP contribution >= 0.6 is 11.6 Å². The van der Waals surface area contributed by atoms with Crippen molar-refractivity contribution in [1.29, 1.82) is 0 Å². The van der Waals surface area contributed by atoms with Crippen LogP contribution in [-0.2, 0) is 4.79 Å². The molecular weight excluding hydrogens is 372 g/mol. The third-order valence-corrected chi connectivity index (χ3v) is 5.00. The fraction of sp³-hybridized carbons (Fsp3) is 0.208. The molecule has 0 unspecified atom stereocenters. The molecule has 3 rings (SSSR count). The lowest BCUT2D eigenvalue weighted by Gasteiger charge is -2.11. The fourth-order valence-electron chi connectivity index (χ4n) is 2.98. The Kier molecular flexibility index (Phi) is 6.72. The zero-order valence-corrected chi connectivity index (χ0v) is 16.8. The SMILES string of the molecule is Cc1cc(OCCCC(=O)Oc2ccccc2-c2ccccc2)cc(C)c1Cl.